The van der Waals surface area contributed by atoms with E-state index in [4.69, 9.17) is 12.2 Å². The number of imidazole rings is 1. The van der Waals surface area contributed by atoms with Gasteiger partial charge in [-0.3, -0.25) is 9.36 Å². The number of H-pyrrole nitrogens is 1. The third-order valence-corrected chi connectivity index (χ3v) is 4.27. The number of aryl methyl sites for hydroxylation is 1. The van der Waals surface area contributed by atoms with Gasteiger partial charge in [0.25, 0.3) is 5.91 Å². The average molecular weight is 335 g/mol. The van der Waals surface area contributed by atoms with Crippen molar-refractivity contribution in [1.29, 1.82) is 0 Å². The largest absolute Gasteiger partial charge is 0.493 e. The summed E-state index contributed by atoms with van der Waals surface area (Å²) in [6.07, 6.45) is 0. The van der Waals surface area contributed by atoms with E-state index in [1.807, 2.05) is 49.4 Å². The van der Waals surface area contributed by atoms with Crippen molar-refractivity contribution in [3.8, 4) is 11.6 Å². The van der Waals surface area contributed by atoms with Gasteiger partial charge in [-0.1, -0.05) is 29.8 Å². The van der Waals surface area contributed by atoms with Crippen molar-refractivity contribution < 1.29 is 9.90 Å². The first-order valence-corrected chi connectivity index (χ1v) is 7.81. The molecule has 2 aromatic carbocycles. The number of nitrogens with one attached hydrogen (secondary N) is 1. The van der Waals surface area contributed by atoms with Crippen LogP contribution in [0, 0.1) is 11.7 Å². The molecule has 2 heterocycles. The molecule has 2 N–H and O–H groups in total. The Bertz CT molecular complexity index is 1160. The van der Waals surface area contributed by atoms with E-state index in [9.17, 15) is 9.90 Å². The number of hydrogen-bond acceptors (Lipinski definition) is 3. The fourth-order valence-electron chi connectivity index (χ4n) is 2.93. The molecule has 4 rings (SSSR count). The number of amides is 1. The summed E-state index contributed by atoms with van der Waals surface area (Å²) in [4.78, 5) is 19.3. The van der Waals surface area contributed by atoms with Gasteiger partial charge in [0.2, 0.25) is 5.88 Å². The minimum Gasteiger partial charge on any atom is -0.493 e. The second-order valence-electron chi connectivity index (χ2n) is 5.61. The lowest BCUT2D eigenvalue weighted by Gasteiger charge is -2.08. The van der Waals surface area contributed by atoms with Crippen molar-refractivity contribution in [3.05, 3.63) is 75.1 Å². The van der Waals surface area contributed by atoms with Crippen molar-refractivity contribution in [2.75, 3.05) is 0 Å². The molecular weight excluding hydrogens is 322 g/mol. The van der Waals surface area contributed by atoms with E-state index in [2.05, 4.69) is 9.98 Å². The summed E-state index contributed by atoms with van der Waals surface area (Å²) in [5.74, 6) is -0.527. The zero-order valence-electron chi connectivity index (χ0n) is 12.8. The van der Waals surface area contributed by atoms with Crippen LogP contribution in [0.3, 0.4) is 0 Å². The molecule has 1 aliphatic heterocycles. The SMILES string of the molecule is Cc1ccc2c(c1)=C(c1c(O)[nH]c(=S)n1-c1ccccc1)C(=O)N=2. The van der Waals surface area contributed by atoms with Crippen LogP contribution in [0.4, 0.5) is 0 Å². The topological polar surface area (TPSA) is 70.4 Å². The molecule has 118 valence electrons. The van der Waals surface area contributed by atoms with Crippen LogP contribution in [0.15, 0.2) is 53.5 Å². The highest BCUT2D eigenvalue weighted by Gasteiger charge is 2.26. The third kappa shape index (κ3) is 2.11. The van der Waals surface area contributed by atoms with E-state index in [1.165, 1.54) is 0 Å². The van der Waals surface area contributed by atoms with Gasteiger partial charge in [0.05, 0.1) is 10.9 Å². The van der Waals surface area contributed by atoms with Gasteiger partial charge in [0.15, 0.2) is 4.77 Å². The molecule has 24 heavy (non-hydrogen) atoms. The van der Waals surface area contributed by atoms with Crippen molar-refractivity contribution in [2.45, 2.75) is 6.92 Å². The number of aromatic hydroxyl groups is 1. The molecule has 0 bridgehead atoms. The highest BCUT2D eigenvalue weighted by Crippen LogP contribution is 2.28. The lowest BCUT2D eigenvalue weighted by molar-refractivity contribution is -0.112. The maximum absolute atomic E-state index is 12.5. The smallest absolute Gasteiger partial charge is 0.280 e. The van der Waals surface area contributed by atoms with E-state index in [-0.39, 0.29) is 11.8 Å². The Kier molecular flexibility index (Phi) is 3.21. The molecule has 0 unspecified atom stereocenters. The first-order chi connectivity index (χ1) is 11.6. The molecule has 0 fully saturated rings. The van der Waals surface area contributed by atoms with Gasteiger partial charge >= 0.3 is 0 Å². The summed E-state index contributed by atoms with van der Waals surface area (Å²) < 4.78 is 1.97. The quantitative estimate of drug-likeness (QED) is 0.703. The Morgan fingerprint density at radius 3 is 2.67 bits per heavy atom. The van der Waals surface area contributed by atoms with E-state index in [0.29, 0.717) is 26.6 Å². The number of carbonyl (C=O) groups excluding carboxylic acids is 1. The second kappa shape index (κ2) is 5.28. The van der Waals surface area contributed by atoms with Crippen LogP contribution in [-0.2, 0) is 4.79 Å². The molecule has 0 radical (unpaired) electrons. The Morgan fingerprint density at radius 2 is 1.92 bits per heavy atom. The Balaban J connectivity index is 2.13. The standard InChI is InChI=1S/C18H13N3O2S/c1-10-7-8-13-12(9-10)14(16(22)19-13)15-17(23)20-18(24)21(15)11-5-3-2-4-6-11/h2-9,23H,1H3,(H,20,24). The summed E-state index contributed by atoms with van der Waals surface area (Å²) in [6, 6.07) is 15.0. The van der Waals surface area contributed by atoms with Crippen LogP contribution >= 0.6 is 12.2 Å². The Labute approximate surface area is 142 Å². The Morgan fingerprint density at radius 1 is 1.17 bits per heavy atom. The first-order valence-electron chi connectivity index (χ1n) is 7.40. The molecule has 1 amide bonds. The second-order valence-corrected chi connectivity index (χ2v) is 6.00. The molecule has 5 nitrogen and oxygen atoms in total. The fourth-order valence-corrected chi connectivity index (χ4v) is 3.23. The van der Waals surface area contributed by atoms with Crippen LogP contribution in [0.25, 0.3) is 11.3 Å². The van der Waals surface area contributed by atoms with Crippen LogP contribution in [0.1, 0.15) is 11.3 Å². The summed E-state index contributed by atoms with van der Waals surface area (Å²) in [5.41, 5.74) is 2.46. The molecule has 1 aliphatic rings. The van der Waals surface area contributed by atoms with Crippen molar-refractivity contribution in [2.24, 2.45) is 4.99 Å². The first kappa shape index (κ1) is 14.6. The molecule has 6 heteroatoms. The Hall–Kier alpha value is -2.99. The maximum Gasteiger partial charge on any atom is 0.280 e. The number of nitrogens with zero attached hydrogens (tertiary/aromatic N) is 2. The molecule has 0 saturated heterocycles. The molecular formula is C18H13N3O2S. The van der Waals surface area contributed by atoms with Gasteiger partial charge < -0.3 is 10.1 Å². The molecule has 3 aromatic rings. The summed E-state index contributed by atoms with van der Waals surface area (Å²) in [6.45, 7) is 1.95. The number of benzene rings is 2. The molecule has 0 atom stereocenters. The van der Waals surface area contributed by atoms with E-state index in [0.717, 1.165) is 11.3 Å². The highest BCUT2D eigenvalue weighted by atomic mass is 32.1. The number of fused-ring (bicyclic) bond motifs is 1. The van der Waals surface area contributed by atoms with Gasteiger partial charge in [0.1, 0.15) is 5.69 Å². The number of aromatic nitrogens is 2. The predicted octanol–water partition coefficient (Wildman–Crippen LogP) is 1.91. The van der Waals surface area contributed by atoms with E-state index in [1.54, 1.807) is 10.6 Å². The number of carbonyl (C=O) groups is 1. The lowest BCUT2D eigenvalue weighted by atomic mass is 10.1. The number of para-hydroxylation sites is 1. The van der Waals surface area contributed by atoms with Crippen molar-refractivity contribution >= 4 is 23.7 Å². The van der Waals surface area contributed by atoms with Gasteiger partial charge in [-0.05, 0) is 43.4 Å². The number of hydrogen-bond donors (Lipinski definition) is 2. The van der Waals surface area contributed by atoms with Crippen LogP contribution in [-0.4, -0.2) is 20.6 Å². The summed E-state index contributed by atoms with van der Waals surface area (Å²) in [5, 5.41) is 11.7. The fraction of sp³-hybridized carbons (Fsp3) is 0.0556. The summed E-state index contributed by atoms with van der Waals surface area (Å²) in [7, 11) is 0. The highest BCUT2D eigenvalue weighted by molar-refractivity contribution is 7.71. The van der Waals surface area contributed by atoms with Crippen molar-refractivity contribution in [1.82, 2.24) is 9.55 Å². The molecule has 1 aromatic heterocycles. The number of rotatable bonds is 2. The maximum atomic E-state index is 12.5. The average Bonchev–Trinajstić information content (AvgIpc) is 3.03. The van der Waals surface area contributed by atoms with Crippen LogP contribution < -0.4 is 10.6 Å². The van der Waals surface area contributed by atoms with Gasteiger partial charge in [-0.15, -0.1) is 0 Å². The predicted molar refractivity (Wildman–Crippen MR) is 92.1 cm³/mol. The normalized spacial score (nSPS) is 13.0. The minimum absolute atomic E-state index is 0.142. The molecule has 0 saturated carbocycles. The van der Waals surface area contributed by atoms with Crippen molar-refractivity contribution in [3.63, 3.8) is 0 Å². The molecule has 0 spiro atoms. The van der Waals surface area contributed by atoms with Gasteiger partial charge in [0, 0.05) is 10.9 Å². The number of aromatic amines is 1. The van der Waals surface area contributed by atoms with Gasteiger partial charge in [-0.2, -0.15) is 0 Å². The van der Waals surface area contributed by atoms with Gasteiger partial charge in [-0.25, -0.2) is 4.99 Å². The zero-order chi connectivity index (χ0) is 16.8. The lowest BCUT2D eigenvalue weighted by Crippen LogP contribution is -2.24. The third-order valence-electron chi connectivity index (χ3n) is 3.98. The monoisotopic (exact) mass is 335 g/mol. The summed E-state index contributed by atoms with van der Waals surface area (Å²) >= 11 is 5.33. The van der Waals surface area contributed by atoms with Crippen LogP contribution in [0.5, 0.6) is 5.88 Å². The van der Waals surface area contributed by atoms with Crippen LogP contribution in [0.2, 0.25) is 0 Å². The molecule has 0 aliphatic carbocycles. The zero-order valence-corrected chi connectivity index (χ0v) is 13.6. The minimum atomic E-state index is -0.385. The van der Waals surface area contributed by atoms with E-state index < -0.39 is 0 Å². The van der Waals surface area contributed by atoms with E-state index >= 15 is 0 Å².